The molecule has 0 aliphatic carbocycles. The van der Waals surface area contributed by atoms with Crippen molar-refractivity contribution in [2.75, 3.05) is 13.7 Å². The van der Waals surface area contributed by atoms with Crippen molar-refractivity contribution in [2.45, 2.75) is 24.5 Å². The normalized spacial score (nSPS) is 28.4. The number of halogens is 1. The van der Waals surface area contributed by atoms with Gasteiger partial charge in [0.15, 0.2) is 6.23 Å². The van der Waals surface area contributed by atoms with Gasteiger partial charge in [-0.15, -0.1) is 0 Å². The molecule has 0 radical (unpaired) electrons. The van der Waals surface area contributed by atoms with Crippen LogP contribution in [0.2, 0.25) is 0 Å². The molecule has 10 heteroatoms. The first-order valence-electron chi connectivity index (χ1n) is 6.44. The van der Waals surface area contributed by atoms with E-state index in [0.717, 1.165) is 0 Å². The van der Waals surface area contributed by atoms with Gasteiger partial charge in [-0.25, -0.2) is 4.79 Å². The van der Waals surface area contributed by atoms with Crippen LogP contribution < -0.4 is 10.4 Å². The second-order valence-electron chi connectivity index (χ2n) is 4.89. The molecule has 2 aromatic rings. The largest absolute Gasteiger partial charge is 0.480 e. The summed E-state index contributed by atoms with van der Waals surface area (Å²) >= 11 is 3.34. The molecule has 0 saturated carbocycles. The number of methoxy groups -OCH3 is 1. The van der Waals surface area contributed by atoms with Crippen molar-refractivity contribution in [3.8, 4) is 5.88 Å². The van der Waals surface area contributed by atoms with Crippen molar-refractivity contribution in [3.05, 3.63) is 21.2 Å². The lowest BCUT2D eigenvalue weighted by Crippen LogP contribution is -2.33. The Morgan fingerprint density at radius 2 is 2.23 bits per heavy atom. The molecule has 3 heterocycles. The highest BCUT2D eigenvalue weighted by molar-refractivity contribution is 9.10. The summed E-state index contributed by atoms with van der Waals surface area (Å²) in [6, 6.07) is 0. The number of nitrogens with one attached hydrogen (secondary N) is 1. The fourth-order valence-corrected chi connectivity index (χ4v) is 3.14. The Morgan fingerprint density at radius 3 is 2.82 bits per heavy atom. The Balaban J connectivity index is 2.16. The van der Waals surface area contributed by atoms with E-state index in [1.54, 1.807) is 6.20 Å². The van der Waals surface area contributed by atoms with Gasteiger partial charge in [0.2, 0.25) is 5.88 Å². The van der Waals surface area contributed by atoms with Crippen molar-refractivity contribution in [3.63, 3.8) is 0 Å². The topological polar surface area (TPSA) is 130 Å². The van der Waals surface area contributed by atoms with E-state index < -0.39 is 36.8 Å². The maximum Gasteiger partial charge on any atom is 0.349 e. The molecule has 120 valence electrons. The minimum atomic E-state index is -1.26. The molecule has 1 fully saturated rings. The SMILES string of the molecule is COc1nc(=O)[nH]c2c1c(Br)cn2[C@@H]1O[C@H](CO)[C@@H](O)[C@H]1O. The molecule has 0 unspecified atom stereocenters. The second-order valence-corrected chi connectivity index (χ2v) is 5.74. The zero-order valence-corrected chi connectivity index (χ0v) is 13.0. The number of ether oxygens (including phenoxy) is 2. The quantitative estimate of drug-likeness (QED) is 0.547. The van der Waals surface area contributed by atoms with Gasteiger partial charge in [-0.05, 0) is 15.9 Å². The molecule has 0 amide bonds. The average molecular weight is 376 g/mol. The Bertz CT molecular complexity index is 759. The molecule has 0 spiro atoms. The van der Waals surface area contributed by atoms with Crippen LogP contribution in [0, 0.1) is 0 Å². The lowest BCUT2D eigenvalue weighted by molar-refractivity contribution is -0.0509. The molecule has 22 heavy (non-hydrogen) atoms. The summed E-state index contributed by atoms with van der Waals surface area (Å²) in [6.07, 6.45) is -2.80. The Labute approximate surface area is 132 Å². The third kappa shape index (κ3) is 2.23. The first-order valence-corrected chi connectivity index (χ1v) is 7.24. The van der Waals surface area contributed by atoms with E-state index in [9.17, 15) is 15.0 Å². The van der Waals surface area contributed by atoms with Crippen LogP contribution in [-0.2, 0) is 4.74 Å². The van der Waals surface area contributed by atoms with Crippen molar-refractivity contribution in [1.82, 2.24) is 14.5 Å². The van der Waals surface area contributed by atoms with E-state index in [-0.39, 0.29) is 5.88 Å². The van der Waals surface area contributed by atoms with E-state index in [0.29, 0.717) is 15.5 Å². The Hall–Kier alpha value is -1.46. The maximum atomic E-state index is 11.6. The molecule has 4 atom stereocenters. The molecule has 3 rings (SSSR count). The first-order chi connectivity index (χ1) is 10.5. The lowest BCUT2D eigenvalue weighted by atomic mass is 10.1. The second kappa shape index (κ2) is 5.63. The van der Waals surface area contributed by atoms with Gasteiger partial charge >= 0.3 is 5.69 Å². The van der Waals surface area contributed by atoms with Crippen LogP contribution in [0.5, 0.6) is 5.88 Å². The van der Waals surface area contributed by atoms with Gasteiger partial charge in [0.25, 0.3) is 0 Å². The number of aliphatic hydroxyl groups excluding tert-OH is 3. The number of rotatable bonds is 3. The van der Waals surface area contributed by atoms with Gasteiger partial charge in [0.05, 0.1) is 23.6 Å². The minimum Gasteiger partial charge on any atom is -0.480 e. The van der Waals surface area contributed by atoms with E-state index in [4.69, 9.17) is 14.6 Å². The van der Waals surface area contributed by atoms with Gasteiger partial charge in [0.1, 0.15) is 24.0 Å². The number of hydrogen-bond acceptors (Lipinski definition) is 7. The van der Waals surface area contributed by atoms with E-state index >= 15 is 0 Å². The monoisotopic (exact) mass is 375 g/mol. The molecule has 0 aromatic carbocycles. The summed E-state index contributed by atoms with van der Waals surface area (Å²) in [6.45, 7) is -0.434. The van der Waals surface area contributed by atoms with E-state index in [2.05, 4.69) is 25.9 Å². The molecule has 1 aliphatic heterocycles. The fraction of sp³-hybridized carbons (Fsp3) is 0.500. The molecular weight excluding hydrogens is 362 g/mol. The predicted molar refractivity (Wildman–Crippen MR) is 77.6 cm³/mol. The third-order valence-electron chi connectivity index (χ3n) is 3.61. The highest BCUT2D eigenvalue weighted by Crippen LogP contribution is 2.36. The maximum absolute atomic E-state index is 11.6. The van der Waals surface area contributed by atoms with Crippen LogP contribution in [0.1, 0.15) is 6.23 Å². The summed E-state index contributed by atoms with van der Waals surface area (Å²) in [7, 11) is 1.39. The van der Waals surface area contributed by atoms with E-state index in [1.165, 1.54) is 11.7 Å². The van der Waals surface area contributed by atoms with Crippen LogP contribution in [-0.4, -0.2) is 61.9 Å². The number of aliphatic hydroxyl groups is 3. The number of hydrogen-bond donors (Lipinski definition) is 4. The van der Waals surface area contributed by atoms with Crippen molar-refractivity contribution in [1.29, 1.82) is 0 Å². The standard InChI is InChI=1S/C12H14BrN3O6/c1-21-10-6-4(13)2-16(9(6)14-12(20)15-10)11-8(19)7(18)5(3-17)22-11/h2,5,7-8,11,17-19H,3H2,1H3,(H,14,15,20)/t5-,7-,8-,11-/m1/s1. The van der Waals surface area contributed by atoms with E-state index in [1.807, 2.05) is 0 Å². The third-order valence-corrected chi connectivity index (χ3v) is 4.21. The molecular formula is C12H14BrN3O6. The van der Waals surface area contributed by atoms with Crippen LogP contribution in [0.25, 0.3) is 11.0 Å². The summed E-state index contributed by atoms with van der Waals surface area (Å²) in [5, 5.41) is 29.6. The number of nitrogens with zero attached hydrogens (tertiary/aromatic N) is 2. The molecule has 9 nitrogen and oxygen atoms in total. The number of aromatic nitrogens is 3. The van der Waals surface area contributed by atoms with Crippen LogP contribution in [0.3, 0.4) is 0 Å². The number of aromatic amines is 1. The van der Waals surface area contributed by atoms with Crippen molar-refractivity contribution < 1.29 is 24.8 Å². The zero-order valence-electron chi connectivity index (χ0n) is 11.4. The van der Waals surface area contributed by atoms with Gasteiger partial charge in [-0.3, -0.25) is 4.98 Å². The lowest BCUT2D eigenvalue weighted by Gasteiger charge is -2.17. The summed E-state index contributed by atoms with van der Waals surface area (Å²) < 4.78 is 12.6. The molecule has 1 saturated heterocycles. The van der Waals surface area contributed by atoms with Gasteiger partial charge in [-0.2, -0.15) is 4.98 Å². The van der Waals surface area contributed by atoms with Crippen LogP contribution in [0.15, 0.2) is 15.5 Å². The number of H-pyrrole nitrogens is 1. The van der Waals surface area contributed by atoms with Crippen molar-refractivity contribution in [2.24, 2.45) is 0 Å². The first kappa shape index (κ1) is 15.4. The van der Waals surface area contributed by atoms with Gasteiger partial charge < -0.3 is 29.4 Å². The molecule has 4 N–H and O–H groups in total. The molecule has 1 aliphatic rings. The highest BCUT2D eigenvalue weighted by atomic mass is 79.9. The predicted octanol–water partition coefficient (Wildman–Crippen LogP) is -0.893. The average Bonchev–Trinajstić information content (AvgIpc) is 2.97. The van der Waals surface area contributed by atoms with Gasteiger partial charge in [-0.1, -0.05) is 0 Å². The smallest absolute Gasteiger partial charge is 0.349 e. The number of fused-ring (bicyclic) bond motifs is 1. The fourth-order valence-electron chi connectivity index (χ4n) is 2.56. The minimum absolute atomic E-state index is 0.121. The van der Waals surface area contributed by atoms with Gasteiger partial charge in [0, 0.05) is 6.20 Å². The van der Waals surface area contributed by atoms with Crippen LogP contribution >= 0.6 is 15.9 Å². The Morgan fingerprint density at radius 1 is 1.50 bits per heavy atom. The highest BCUT2D eigenvalue weighted by Gasteiger charge is 2.44. The summed E-state index contributed by atoms with van der Waals surface area (Å²) in [5.74, 6) is 0.121. The van der Waals surface area contributed by atoms with Crippen LogP contribution in [0.4, 0.5) is 0 Å². The molecule has 2 aromatic heterocycles. The zero-order chi connectivity index (χ0) is 16.0. The molecule has 0 bridgehead atoms. The summed E-state index contributed by atoms with van der Waals surface area (Å²) in [5.41, 5.74) is -0.304. The van der Waals surface area contributed by atoms with Crippen molar-refractivity contribution >= 4 is 27.0 Å². The summed E-state index contributed by atoms with van der Waals surface area (Å²) in [4.78, 5) is 17.9. The Kier molecular flexibility index (Phi) is 3.95.